The van der Waals surface area contributed by atoms with Gasteiger partial charge in [0.15, 0.2) is 33.0 Å². The van der Waals surface area contributed by atoms with Gasteiger partial charge in [0.05, 0.1) is 28.9 Å². The van der Waals surface area contributed by atoms with E-state index in [0.717, 1.165) is 10.6 Å². The summed E-state index contributed by atoms with van der Waals surface area (Å²) in [7, 11) is 3.81. The molecule has 3 fully saturated rings. The van der Waals surface area contributed by atoms with Crippen molar-refractivity contribution in [2.45, 2.75) is 28.5 Å². The molecular weight excluding hydrogens is 796 g/mol. The number of allylic oxidation sites excluding steroid dienone is 2. The summed E-state index contributed by atoms with van der Waals surface area (Å²) >= 11 is 14.2. The average Bonchev–Trinajstić information content (AvgIpc) is 3.54. The van der Waals surface area contributed by atoms with E-state index < -0.39 is 104 Å². The molecule has 4 amide bonds. The van der Waals surface area contributed by atoms with E-state index >= 15 is 8.78 Å². The second kappa shape index (κ2) is 13.5. The van der Waals surface area contributed by atoms with E-state index in [4.69, 9.17) is 23.2 Å². The van der Waals surface area contributed by atoms with Gasteiger partial charge in [-0.3, -0.25) is 24.1 Å². The smallest absolute Gasteiger partial charge is 0.258 e. The Labute approximate surface area is 330 Å². The minimum absolute atomic E-state index is 0.0632. The number of alkyl halides is 2. The van der Waals surface area contributed by atoms with Gasteiger partial charge in [0.2, 0.25) is 17.6 Å². The maximum atomic E-state index is 15.3. The number of phenols is 1. The lowest BCUT2D eigenvalue weighted by Gasteiger charge is -2.50. The molecule has 57 heavy (non-hydrogen) atoms. The van der Waals surface area contributed by atoms with Crippen molar-refractivity contribution in [3.8, 4) is 5.75 Å². The number of carbonyl (C=O) groups is 4. The van der Waals surface area contributed by atoms with Crippen LogP contribution in [0.25, 0.3) is 0 Å². The molecular formula is C40H28Cl2F5N5O5. The maximum absolute atomic E-state index is 15.3. The number of hydrogen-bond donors (Lipinski definition) is 1. The molecule has 0 unspecified atom stereocenters. The van der Waals surface area contributed by atoms with Gasteiger partial charge in [0.25, 0.3) is 11.8 Å². The molecule has 292 valence electrons. The number of carbonyl (C=O) groups excluding carboxylic acids is 4. The first-order chi connectivity index (χ1) is 27.0. The van der Waals surface area contributed by atoms with Crippen molar-refractivity contribution in [3.05, 3.63) is 119 Å². The Bertz CT molecular complexity index is 2460. The summed E-state index contributed by atoms with van der Waals surface area (Å²) < 4.78 is 73.5. The van der Waals surface area contributed by atoms with Crippen LogP contribution in [0.2, 0.25) is 0 Å². The Morgan fingerprint density at radius 3 is 1.86 bits per heavy atom. The molecule has 6 atom stereocenters. The van der Waals surface area contributed by atoms with Gasteiger partial charge in [-0.1, -0.05) is 29.8 Å². The first-order valence-corrected chi connectivity index (χ1v) is 18.2. The molecule has 1 saturated carbocycles. The molecule has 4 aromatic carbocycles. The number of aromatic hydroxyl groups is 1. The number of imide groups is 2. The van der Waals surface area contributed by atoms with Crippen LogP contribution in [0.1, 0.15) is 24.3 Å². The fraction of sp³-hybridized carbons (Fsp3) is 0.250. The quantitative estimate of drug-likeness (QED) is 0.0397. The monoisotopic (exact) mass is 823 g/mol. The molecule has 17 heteroatoms. The molecule has 0 aromatic heterocycles. The standard InChI is InChI=1S/C40H28Cl2F5N5O5/c1-50(2)20-11-7-18(8-12-20)48-49-19-9-13-21(14-10-19)51-35(54)24-16-15-22-25(27(24)36(51)55)17-39(41)37(56)52(34-32(46)30(44)29(43)31(45)33(34)47)38(57)40(39,42)28(22)23-5-3-4-6-26(23)53/h3-15,24-25,27-28,53H,16-17H2,1-2H3/t24-,25+,27-,28+,39+,40-/m0/s1. The molecule has 4 aromatic rings. The SMILES string of the molecule is CN(C)c1ccc(N=Nc2ccc(N3C(=O)[C@H]4[C@H](CC=C5[C@H]4C[C@@]4(Cl)C(=O)N(c6c(F)c(F)c(F)c(F)c6F)C(=O)[C@@]4(Cl)[C@H]5c4ccccc4O)C3=O)cc2)cc1. The number of benzene rings is 4. The molecule has 8 rings (SSSR count). The van der Waals surface area contributed by atoms with Crippen LogP contribution in [0.3, 0.4) is 0 Å². The lowest BCUT2D eigenvalue weighted by Crippen LogP contribution is -2.60. The summed E-state index contributed by atoms with van der Waals surface area (Å²) in [5.74, 6) is -22.3. The van der Waals surface area contributed by atoms with E-state index in [1.54, 1.807) is 30.3 Å². The van der Waals surface area contributed by atoms with E-state index in [2.05, 4.69) is 10.2 Å². The number of nitrogens with zero attached hydrogens (tertiary/aromatic N) is 5. The lowest BCUT2D eigenvalue weighted by atomic mass is 9.56. The summed E-state index contributed by atoms with van der Waals surface area (Å²) in [4.78, 5) is 54.3. The normalized spacial score (nSPS) is 26.9. The highest BCUT2D eigenvalue weighted by Gasteiger charge is 2.77. The van der Waals surface area contributed by atoms with Gasteiger partial charge in [-0.05, 0) is 73.4 Å². The molecule has 0 bridgehead atoms. The molecule has 0 radical (unpaired) electrons. The lowest BCUT2D eigenvalue weighted by molar-refractivity contribution is -0.125. The molecule has 1 N–H and O–H groups in total. The van der Waals surface area contributed by atoms with Gasteiger partial charge >= 0.3 is 0 Å². The van der Waals surface area contributed by atoms with Crippen LogP contribution in [-0.2, 0) is 19.2 Å². The van der Waals surface area contributed by atoms with Crippen LogP contribution < -0.4 is 14.7 Å². The first-order valence-electron chi connectivity index (χ1n) is 17.5. The second-order valence-electron chi connectivity index (χ2n) is 14.4. The third kappa shape index (κ3) is 5.42. The van der Waals surface area contributed by atoms with Gasteiger partial charge < -0.3 is 10.0 Å². The minimum Gasteiger partial charge on any atom is -0.508 e. The molecule has 2 heterocycles. The Morgan fingerprint density at radius 2 is 1.28 bits per heavy atom. The maximum Gasteiger partial charge on any atom is 0.258 e. The topological polar surface area (TPSA) is 123 Å². The Balaban J connectivity index is 1.17. The zero-order chi connectivity index (χ0) is 40.9. The molecule has 2 saturated heterocycles. The predicted octanol–water partition coefficient (Wildman–Crippen LogP) is 8.34. The highest BCUT2D eigenvalue weighted by molar-refractivity contribution is 6.58. The van der Waals surface area contributed by atoms with Crippen molar-refractivity contribution in [1.29, 1.82) is 0 Å². The number of fused-ring (bicyclic) bond motifs is 4. The largest absolute Gasteiger partial charge is 0.508 e. The summed E-state index contributed by atoms with van der Waals surface area (Å²) in [5.41, 5.74) is 0.415. The van der Waals surface area contributed by atoms with Crippen molar-refractivity contribution in [1.82, 2.24) is 0 Å². The number of rotatable bonds is 6. The Morgan fingerprint density at radius 1 is 0.719 bits per heavy atom. The van der Waals surface area contributed by atoms with Gasteiger partial charge in [0, 0.05) is 31.3 Å². The van der Waals surface area contributed by atoms with Crippen LogP contribution in [0, 0.1) is 46.8 Å². The van der Waals surface area contributed by atoms with E-state index in [9.17, 15) is 37.5 Å². The van der Waals surface area contributed by atoms with Crippen molar-refractivity contribution in [3.63, 3.8) is 0 Å². The van der Waals surface area contributed by atoms with E-state index in [1.165, 1.54) is 36.4 Å². The Hall–Kier alpha value is -5.67. The molecule has 2 aliphatic heterocycles. The van der Waals surface area contributed by atoms with Crippen molar-refractivity contribution in [2.75, 3.05) is 28.8 Å². The van der Waals surface area contributed by atoms with Crippen LogP contribution in [0.4, 0.5) is 50.4 Å². The zero-order valence-corrected chi connectivity index (χ0v) is 31.2. The molecule has 2 aliphatic carbocycles. The summed E-state index contributed by atoms with van der Waals surface area (Å²) in [6.07, 6.45) is 0.811. The average molecular weight is 825 g/mol. The van der Waals surface area contributed by atoms with E-state index in [-0.39, 0.29) is 28.1 Å². The third-order valence-corrected chi connectivity index (χ3v) is 12.6. The van der Waals surface area contributed by atoms with Gasteiger partial charge in [-0.15, -0.1) is 23.2 Å². The molecule has 0 spiro atoms. The van der Waals surface area contributed by atoms with Crippen molar-refractivity contribution >= 4 is 75.3 Å². The minimum atomic E-state index is -2.75. The summed E-state index contributed by atoms with van der Waals surface area (Å²) in [6.45, 7) is 0. The van der Waals surface area contributed by atoms with E-state index in [1.807, 2.05) is 31.1 Å². The number of halogens is 7. The number of amides is 4. The first kappa shape index (κ1) is 38.2. The zero-order valence-electron chi connectivity index (χ0n) is 29.7. The van der Waals surface area contributed by atoms with Crippen molar-refractivity contribution in [2.24, 2.45) is 28.0 Å². The number of hydrogen-bond acceptors (Lipinski definition) is 8. The van der Waals surface area contributed by atoms with Crippen LogP contribution in [0.5, 0.6) is 5.75 Å². The number of anilines is 3. The Kier molecular flexibility index (Phi) is 9.04. The molecule has 4 aliphatic rings. The van der Waals surface area contributed by atoms with Gasteiger partial charge in [0.1, 0.15) is 11.4 Å². The van der Waals surface area contributed by atoms with Crippen LogP contribution >= 0.6 is 23.2 Å². The predicted molar refractivity (Wildman–Crippen MR) is 198 cm³/mol. The van der Waals surface area contributed by atoms with E-state index in [0.29, 0.717) is 11.4 Å². The number of para-hydroxylation sites is 1. The third-order valence-electron chi connectivity index (χ3n) is 11.2. The van der Waals surface area contributed by atoms with Crippen molar-refractivity contribution < 1.29 is 46.2 Å². The van der Waals surface area contributed by atoms with Gasteiger partial charge in [-0.25, -0.2) is 26.9 Å². The summed E-state index contributed by atoms with van der Waals surface area (Å²) in [6, 6.07) is 18.9. The fourth-order valence-electron chi connectivity index (χ4n) is 8.50. The number of phenolic OH excluding ortho intramolecular Hbond substituents is 1. The highest BCUT2D eigenvalue weighted by Crippen LogP contribution is 2.66. The highest BCUT2D eigenvalue weighted by atomic mass is 35.5. The molecule has 10 nitrogen and oxygen atoms in total. The van der Waals surface area contributed by atoms with Gasteiger partial charge in [-0.2, -0.15) is 10.2 Å². The fourth-order valence-corrected chi connectivity index (χ4v) is 9.43. The number of azo groups is 1. The second-order valence-corrected chi connectivity index (χ2v) is 15.6. The van der Waals surface area contributed by atoms with Crippen LogP contribution in [0.15, 0.2) is 94.7 Å². The van der Waals surface area contributed by atoms with Crippen LogP contribution in [-0.4, -0.2) is 52.6 Å². The summed E-state index contributed by atoms with van der Waals surface area (Å²) in [5, 5.41) is 19.5.